The highest BCUT2D eigenvalue weighted by Crippen LogP contribution is 2.23. The molecular weight excluding hydrogens is 388 g/mol. The predicted molar refractivity (Wildman–Crippen MR) is 131 cm³/mol. The normalized spacial score (nSPS) is 12.9. The van der Waals surface area contributed by atoms with Gasteiger partial charge in [0.1, 0.15) is 11.8 Å². The second-order valence-electron chi connectivity index (χ2n) is 7.99. The van der Waals surface area contributed by atoms with Crippen molar-refractivity contribution < 1.29 is 0 Å². The molecule has 31 heavy (non-hydrogen) atoms. The number of nitrogens with two attached hydrogens (primary N) is 2. The van der Waals surface area contributed by atoms with Gasteiger partial charge in [-0.1, -0.05) is 90.4 Å². The first-order chi connectivity index (χ1) is 15.1. The number of anilines is 1. The van der Waals surface area contributed by atoms with Gasteiger partial charge in [-0.3, -0.25) is 9.13 Å². The summed E-state index contributed by atoms with van der Waals surface area (Å²) in [5, 5.41) is 0. The van der Waals surface area contributed by atoms with Crippen LogP contribution in [0.3, 0.4) is 0 Å². The lowest BCUT2D eigenvalue weighted by Crippen LogP contribution is -2.31. The molecule has 1 atom stereocenters. The highest BCUT2D eigenvalue weighted by molar-refractivity contribution is 5.86. The van der Waals surface area contributed by atoms with Gasteiger partial charge in [0, 0.05) is 0 Å². The Morgan fingerprint density at radius 3 is 2.26 bits per heavy atom. The van der Waals surface area contributed by atoms with Crippen molar-refractivity contribution in [3.63, 3.8) is 0 Å². The van der Waals surface area contributed by atoms with E-state index in [1.807, 2.05) is 0 Å². The minimum Gasteiger partial charge on any atom is -0.382 e. The van der Waals surface area contributed by atoms with Crippen molar-refractivity contribution in [2.24, 2.45) is 5.73 Å². The van der Waals surface area contributed by atoms with Gasteiger partial charge in [-0.25, -0.2) is 14.8 Å². The quantitative estimate of drug-likeness (QED) is 0.302. The fraction of sp³-hybridized carbons (Fsp3) is 0.542. The van der Waals surface area contributed by atoms with E-state index in [-0.39, 0.29) is 11.5 Å². The predicted octanol–water partition coefficient (Wildman–Crippen LogP) is 5.16. The largest absolute Gasteiger partial charge is 0.382 e. The molecule has 0 saturated carbocycles. The van der Waals surface area contributed by atoms with Crippen LogP contribution in [0.5, 0.6) is 0 Å². The van der Waals surface area contributed by atoms with Gasteiger partial charge < -0.3 is 11.5 Å². The lowest BCUT2D eigenvalue weighted by Gasteiger charge is -2.13. The number of allylic oxidation sites excluding steroid dienone is 4. The van der Waals surface area contributed by atoms with Crippen LogP contribution in [0.4, 0.5) is 5.82 Å². The summed E-state index contributed by atoms with van der Waals surface area (Å²) in [4.78, 5) is 21.6. The number of hydrogen-bond donors (Lipinski definition) is 2. The molecule has 0 aliphatic heterocycles. The zero-order valence-electron chi connectivity index (χ0n) is 18.9. The Morgan fingerprint density at radius 2 is 1.68 bits per heavy atom. The van der Waals surface area contributed by atoms with Crippen LogP contribution in [0.2, 0.25) is 0 Å². The Hall–Kier alpha value is -2.67. The van der Waals surface area contributed by atoms with Crippen LogP contribution in [0, 0.1) is 0 Å². The van der Waals surface area contributed by atoms with E-state index in [0.717, 1.165) is 12.8 Å². The van der Waals surface area contributed by atoms with Crippen LogP contribution in [-0.4, -0.2) is 19.1 Å². The SMILES string of the molecule is C=C/C=C(\C=C)n1c(=O)n(C(N)CCCCCCCCCCCC)c2ncnc(N)c21. The monoisotopic (exact) mass is 426 g/mol. The van der Waals surface area contributed by atoms with Gasteiger partial charge >= 0.3 is 5.69 Å². The number of fused-ring (bicyclic) bond motifs is 1. The first kappa shape index (κ1) is 24.6. The molecule has 0 amide bonds. The second kappa shape index (κ2) is 12.9. The topological polar surface area (TPSA) is 105 Å². The molecule has 4 N–H and O–H groups in total. The van der Waals surface area contributed by atoms with Crippen molar-refractivity contribution in [1.29, 1.82) is 0 Å². The van der Waals surface area contributed by atoms with E-state index in [4.69, 9.17) is 11.5 Å². The van der Waals surface area contributed by atoms with Gasteiger partial charge in [0.05, 0.1) is 11.9 Å². The lowest BCUT2D eigenvalue weighted by atomic mass is 10.1. The minimum absolute atomic E-state index is 0.226. The first-order valence-corrected chi connectivity index (χ1v) is 11.5. The van der Waals surface area contributed by atoms with Crippen LogP contribution >= 0.6 is 0 Å². The zero-order valence-corrected chi connectivity index (χ0v) is 18.9. The summed E-state index contributed by atoms with van der Waals surface area (Å²) in [5.74, 6) is 0.226. The van der Waals surface area contributed by atoms with Gasteiger partial charge in [-0.05, 0) is 18.6 Å². The van der Waals surface area contributed by atoms with Crippen LogP contribution in [0.15, 0.2) is 42.5 Å². The van der Waals surface area contributed by atoms with Gasteiger partial charge in [0.25, 0.3) is 0 Å². The fourth-order valence-corrected chi connectivity index (χ4v) is 3.93. The molecule has 2 aromatic heterocycles. The zero-order chi connectivity index (χ0) is 22.6. The molecule has 2 aromatic rings. The fourth-order valence-electron chi connectivity index (χ4n) is 3.93. The molecule has 7 nitrogen and oxygen atoms in total. The molecule has 170 valence electrons. The van der Waals surface area contributed by atoms with E-state index in [0.29, 0.717) is 23.3 Å². The van der Waals surface area contributed by atoms with Crippen molar-refractivity contribution in [1.82, 2.24) is 19.1 Å². The summed E-state index contributed by atoms with van der Waals surface area (Å²) in [7, 11) is 0. The molecule has 0 spiro atoms. The van der Waals surface area contributed by atoms with Crippen molar-refractivity contribution in [3.8, 4) is 0 Å². The Kier molecular flexibility index (Phi) is 10.2. The molecule has 2 rings (SSSR count). The number of imidazole rings is 1. The van der Waals surface area contributed by atoms with E-state index >= 15 is 0 Å². The summed E-state index contributed by atoms with van der Waals surface area (Å²) >= 11 is 0. The standard InChI is InChI=1S/C24H38N6O/c1-4-7-8-9-10-11-12-13-14-15-17-20(25)30-23-21(22(26)27-18-28-23)29(24(30)31)19(6-3)16-5-2/h5-6,16,18,20H,2-4,7-15,17,25H2,1H3,(H2,26,27,28)/b19-16+. The number of aromatic nitrogens is 4. The number of rotatable bonds is 15. The van der Waals surface area contributed by atoms with Gasteiger partial charge in [-0.15, -0.1) is 0 Å². The molecule has 0 bridgehead atoms. The number of hydrogen-bond acceptors (Lipinski definition) is 5. The summed E-state index contributed by atoms with van der Waals surface area (Å²) < 4.78 is 2.97. The van der Waals surface area contributed by atoms with Crippen LogP contribution in [0.25, 0.3) is 16.9 Å². The molecule has 1 unspecified atom stereocenters. The molecule has 7 heteroatoms. The molecule has 0 aliphatic rings. The average molecular weight is 427 g/mol. The maximum atomic E-state index is 13.2. The van der Waals surface area contributed by atoms with Gasteiger partial charge in [0.2, 0.25) is 0 Å². The van der Waals surface area contributed by atoms with Crippen LogP contribution < -0.4 is 17.2 Å². The molecule has 0 radical (unpaired) electrons. The van der Waals surface area contributed by atoms with Crippen LogP contribution in [-0.2, 0) is 0 Å². The summed E-state index contributed by atoms with van der Waals surface area (Å²) in [6.07, 6.45) is 19.0. The summed E-state index contributed by atoms with van der Waals surface area (Å²) in [6.45, 7) is 9.74. The minimum atomic E-state index is -0.477. The molecule has 0 saturated heterocycles. The van der Waals surface area contributed by atoms with E-state index in [1.165, 1.54) is 66.8 Å². The lowest BCUT2D eigenvalue weighted by molar-refractivity contribution is 0.444. The molecular formula is C24H38N6O. The molecule has 0 aromatic carbocycles. The Bertz CT molecular complexity index is 939. The summed E-state index contributed by atoms with van der Waals surface area (Å²) in [5.41, 5.74) is 13.7. The van der Waals surface area contributed by atoms with E-state index in [1.54, 1.807) is 18.2 Å². The van der Waals surface area contributed by atoms with Crippen molar-refractivity contribution in [2.75, 3.05) is 5.73 Å². The Morgan fingerprint density at radius 1 is 1.06 bits per heavy atom. The third-order valence-corrected chi connectivity index (χ3v) is 5.62. The van der Waals surface area contributed by atoms with Crippen molar-refractivity contribution >= 4 is 22.7 Å². The molecule has 0 aliphatic carbocycles. The van der Waals surface area contributed by atoms with E-state index < -0.39 is 6.17 Å². The highest BCUT2D eigenvalue weighted by Gasteiger charge is 2.22. The summed E-state index contributed by atoms with van der Waals surface area (Å²) in [6, 6.07) is 0. The maximum absolute atomic E-state index is 13.2. The third kappa shape index (κ3) is 6.40. The third-order valence-electron chi connectivity index (χ3n) is 5.62. The number of unbranched alkanes of at least 4 members (excludes halogenated alkanes) is 9. The van der Waals surface area contributed by atoms with Gasteiger partial charge in [-0.2, -0.15) is 0 Å². The average Bonchev–Trinajstić information content (AvgIpc) is 3.06. The smallest absolute Gasteiger partial charge is 0.336 e. The van der Waals surface area contributed by atoms with E-state index in [2.05, 4.69) is 30.0 Å². The maximum Gasteiger partial charge on any atom is 0.336 e. The van der Waals surface area contributed by atoms with Crippen LogP contribution in [0.1, 0.15) is 83.7 Å². The van der Waals surface area contributed by atoms with Gasteiger partial charge in [0.15, 0.2) is 11.5 Å². The van der Waals surface area contributed by atoms with Crippen molar-refractivity contribution in [2.45, 2.75) is 83.7 Å². The first-order valence-electron chi connectivity index (χ1n) is 11.5. The highest BCUT2D eigenvalue weighted by atomic mass is 16.2. The van der Waals surface area contributed by atoms with E-state index in [9.17, 15) is 4.79 Å². The second-order valence-corrected chi connectivity index (χ2v) is 7.99. The molecule has 2 heterocycles. The Labute approximate surface area is 185 Å². The van der Waals surface area contributed by atoms with Crippen molar-refractivity contribution in [3.05, 3.63) is 48.2 Å². The Balaban J connectivity index is 2.03. The number of nitrogen functional groups attached to an aromatic ring is 1. The number of nitrogens with zero attached hydrogens (tertiary/aromatic N) is 4. The molecule has 0 fully saturated rings.